The molecule has 0 aliphatic rings. The molecule has 0 amide bonds. The first-order valence-corrected chi connectivity index (χ1v) is 5.69. The molecule has 0 saturated carbocycles. The highest BCUT2D eigenvalue weighted by Crippen LogP contribution is 2.29. The minimum Gasteiger partial charge on any atom is -0.496 e. The van der Waals surface area contributed by atoms with Gasteiger partial charge in [-0.2, -0.15) is 5.10 Å². The van der Waals surface area contributed by atoms with Gasteiger partial charge in [-0.25, -0.2) is 0 Å². The maximum Gasteiger partial charge on any atom is 0.124 e. The smallest absolute Gasteiger partial charge is 0.124 e. The lowest BCUT2D eigenvalue weighted by atomic mass is 10.0. The van der Waals surface area contributed by atoms with Gasteiger partial charge in [-0.15, -0.1) is 0 Å². The second kappa shape index (κ2) is 4.24. The molecule has 90 valence electrons. The molecule has 0 saturated heterocycles. The molecule has 3 nitrogen and oxygen atoms in total. The van der Waals surface area contributed by atoms with Crippen molar-refractivity contribution in [3.63, 3.8) is 0 Å². The number of hydrogen-bond acceptors (Lipinski definition) is 2. The van der Waals surface area contributed by atoms with Gasteiger partial charge < -0.3 is 4.74 Å². The van der Waals surface area contributed by atoms with E-state index in [0.29, 0.717) is 0 Å². The molecule has 1 aromatic carbocycles. The van der Waals surface area contributed by atoms with Crippen LogP contribution in [-0.2, 0) is 7.05 Å². The second-order valence-electron chi connectivity index (χ2n) is 4.44. The third kappa shape index (κ3) is 2.05. The Labute approximate surface area is 102 Å². The molecule has 1 heterocycles. The lowest BCUT2D eigenvalue weighted by molar-refractivity contribution is 0.408. The molecule has 0 radical (unpaired) electrons. The van der Waals surface area contributed by atoms with E-state index < -0.39 is 0 Å². The van der Waals surface area contributed by atoms with E-state index in [1.165, 1.54) is 5.56 Å². The Kier molecular flexibility index (Phi) is 2.92. The Morgan fingerprint density at radius 3 is 2.06 bits per heavy atom. The molecule has 0 unspecified atom stereocenters. The Hall–Kier alpha value is -1.77. The molecule has 1 aromatic heterocycles. The van der Waals surface area contributed by atoms with E-state index in [1.54, 1.807) is 7.11 Å². The van der Waals surface area contributed by atoms with Crippen molar-refractivity contribution in [2.24, 2.45) is 7.05 Å². The number of nitrogens with zero attached hydrogens (tertiary/aromatic N) is 2. The van der Waals surface area contributed by atoms with Crippen LogP contribution in [-0.4, -0.2) is 16.9 Å². The summed E-state index contributed by atoms with van der Waals surface area (Å²) in [6, 6.07) is 6.38. The molecule has 0 atom stereocenters. The van der Waals surface area contributed by atoms with Crippen LogP contribution in [0.2, 0.25) is 0 Å². The zero-order chi connectivity index (χ0) is 12.6. The fourth-order valence-electron chi connectivity index (χ4n) is 2.30. The Balaban J connectivity index is 2.58. The number of rotatable bonds is 2. The normalized spacial score (nSPS) is 10.6. The fourth-order valence-corrected chi connectivity index (χ4v) is 2.30. The third-order valence-electron chi connectivity index (χ3n) is 2.96. The molecule has 2 rings (SSSR count). The van der Waals surface area contributed by atoms with Crippen molar-refractivity contribution in [2.75, 3.05) is 7.11 Å². The van der Waals surface area contributed by atoms with Gasteiger partial charge in [0.25, 0.3) is 0 Å². The summed E-state index contributed by atoms with van der Waals surface area (Å²) < 4.78 is 7.29. The van der Waals surface area contributed by atoms with Crippen molar-refractivity contribution in [3.05, 3.63) is 35.0 Å². The van der Waals surface area contributed by atoms with Crippen molar-refractivity contribution in [2.45, 2.75) is 20.8 Å². The Morgan fingerprint density at radius 1 is 1.06 bits per heavy atom. The van der Waals surface area contributed by atoms with Gasteiger partial charge in [0, 0.05) is 12.6 Å². The summed E-state index contributed by atoms with van der Waals surface area (Å²) in [5, 5.41) is 4.37. The van der Waals surface area contributed by atoms with Crippen LogP contribution in [0.4, 0.5) is 0 Å². The van der Waals surface area contributed by atoms with Gasteiger partial charge >= 0.3 is 0 Å². The van der Waals surface area contributed by atoms with Crippen molar-refractivity contribution in [1.29, 1.82) is 0 Å². The van der Waals surface area contributed by atoms with E-state index >= 15 is 0 Å². The number of ether oxygens (including phenoxy) is 1. The first-order valence-electron chi connectivity index (χ1n) is 5.69. The maximum absolute atomic E-state index is 5.38. The van der Waals surface area contributed by atoms with Gasteiger partial charge in [0.05, 0.1) is 18.5 Å². The highest BCUT2D eigenvalue weighted by Gasteiger charge is 2.10. The molecule has 0 spiro atoms. The fraction of sp³-hybridized carbons (Fsp3) is 0.357. The van der Waals surface area contributed by atoms with Gasteiger partial charge in [0.2, 0.25) is 0 Å². The van der Waals surface area contributed by atoms with E-state index in [4.69, 9.17) is 4.74 Å². The van der Waals surface area contributed by atoms with Crippen molar-refractivity contribution >= 4 is 0 Å². The molecule has 17 heavy (non-hydrogen) atoms. The van der Waals surface area contributed by atoms with Gasteiger partial charge in [0.15, 0.2) is 0 Å². The molecular formula is C14H18N2O. The van der Waals surface area contributed by atoms with Gasteiger partial charge in [-0.3, -0.25) is 4.68 Å². The summed E-state index contributed by atoms with van der Waals surface area (Å²) in [6.07, 6.45) is 0. The van der Waals surface area contributed by atoms with E-state index in [-0.39, 0.29) is 0 Å². The summed E-state index contributed by atoms with van der Waals surface area (Å²) >= 11 is 0. The maximum atomic E-state index is 5.38. The lowest BCUT2D eigenvalue weighted by Crippen LogP contribution is -1.96. The molecule has 0 aliphatic heterocycles. The van der Waals surface area contributed by atoms with E-state index in [9.17, 15) is 0 Å². The first-order chi connectivity index (χ1) is 8.02. The van der Waals surface area contributed by atoms with Gasteiger partial charge in [-0.05, 0) is 50.1 Å². The monoisotopic (exact) mass is 230 g/mol. The van der Waals surface area contributed by atoms with Crippen LogP contribution in [0.3, 0.4) is 0 Å². The van der Waals surface area contributed by atoms with Crippen molar-refractivity contribution in [3.8, 4) is 17.0 Å². The van der Waals surface area contributed by atoms with Crippen LogP contribution in [0.15, 0.2) is 18.2 Å². The largest absolute Gasteiger partial charge is 0.496 e. The number of methoxy groups -OCH3 is 1. The SMILES string of the molecule is COc1c(C)cc(-c2cc(C)nn2C)cc1C. The Morgan fingerprint density at radius 2 is 1.65 bits per heavy atom. The van der Waals surface area contributed by atoms with Gasteiger partial charge in [0.1, 0.15) is 5.75 Å². The molecule has 0 fully saturated rings. The van der Waals surface area contributed by atoms with E-state index in [1.807, 2.05) is 18.7 Å². The predicted molar refractivity (Wildman–Crippen MR) is 69.4 cm³/mol. The van der Waals surface area contributed by atoms with Crippen LogP contribution in [0.5, 0.6) is 5.75 Å². The zero-order valence-electron chi connectivity index (χ0n) is 11.0. The molecular weight excluding hydrogens is 212 g/mol. The van der Waals surface area contributed by atoms with Gasteiger partial charge in [-0.1, -0.05) is 0 Å². The lowest BCUT2D eigenvalue weighted by Gasteiger charge is -2.11. The summed E-state index contributed by atoms with van der Waals surface area (Å²) in [5.74, 6) is 0.965. The van der Waals surface area contributed by atoms with Crippen LogP contribution in [0.25, 0.3) is 11.3 Å². The van der Waals surface area contributed by atoms with E-state index in [2.05, 4.69) is 37.1 Å². The average Bonchev–Trinajstić information content (AvgIpc) is 2.57. The number of aryl methyl sites for hydroxylation is 4. The molecule has 2 aromatic rings. The average molecular weight is 230 g/mol. The predicted octanol–water partition coefficient (Wildman–Crippen LogP) is 3.02. The third-order valence-corrected chi connectivity index (χ3v) is 2.96. The Bertz CT molecular complexity index is 532. The standard InChI is InChI=1S/C14H18N2O/c1-9-6-12(7-10(2)14(9)17-5)13-8-11(3)15-16(13)4/h6-8H,1-5H3. The summed E-state index contributed by atoms with van der Waals surface area (Å²) in [7, 11) is 3.68. The van der Waals surface area contributed by atoms with Crippen LogP contribution >= 0.6 is 0 Å². The highest BCUT2D eigenvalue weighted by molar-refractivity contribution is 5.64. The summed E-state index contributed by atoms with van der Waals surface area (Å²) in [6.45, 7) is 6.14. The second-order valence-corrected chi connectivity index (χ2v) is 4.44. The minimum absolute atomic E-state index is 0.965. The topological polar surface area (TPSA) is 27.1 Å². The minimum atomic E-state index is 0.965. The number of hydrogen-bond donors (Lipinski definition) is 0. The molecule has 0 N–H and O–H groups in total. The van der Waals surface area contributed by atoms with Crippen LogP contribution in [0, 0.1) is 20.8 Å². The molecule has 0 bridgehead atoms. The zero-order valence-corrected chi connectivity index (χ0v) is 11.0. The first kappa shape index (κ1) is 11.7. The van der Waals surface area contributed by atoms with Crippen molar-refractivity contribution < 1.29 is 4.74 Å². The van der Waals surface area contributed by atoms with Crippen molar-refractivity contribution in [1.82, 2.24) is 9.78 Å². The number of aromatic nitrogens is 2. The van der Waals surface area contributed by atoms with Crippen LogP contribution < -0.4 is 4.74 Å². The molecule has 3 heteroatoms. The van der Waals surface area contributed by atoms with E-state index in [0.717, 1.165) is 28.3 Å². The van der Waals surface area contributed by atoms with Crippen LogP contribution in [0.1, 0.15) is 16.8 Å². The highest BCUT2D eigenvalue weighted by atomic mass is 16.5. The molecule has 0 aliphatic carbocycles. The number of benzene rings is 1. The summed E-state index contributed by atoms with van der Waals surface area (Å²) in [4.78, 5) is 0. The summed E-state index contributed by atoms with van der Waals surface area (Å²) in [5.41, 5.74) is 5.66. The quantitative estimate of drug-likeness (QED) is 0.793.